The van der Waals surface area contributed by atoms with Crippen molar-refractivity contribution < 1.29 is 0 Å². The van der Waals surface area contributed by atoms with E-state index < -0.39 is 0 Å². The summed E-state index contributed by atoms with van der Waals surface area (Å²) in [5.74, 6) is 0. The smallest absolute Gasteiger partial charge is 0.0905 e. The van der Waals surface area contributed by atoms with E-state index in [1.165, 1.54) is 0 Å². The summed E-state index contributed by atoms with van der Waals surface area (Å²) < 4.78 is 0. The van der Waals surface area contributed by atoms with Crippen molar-refractivity contribution in [1.82, 2.24) is 0 Å². The number of nitriles is 1. The van der Waals surface area contributed by atoms with Crippen molar-refractivity contribution in [2.24, 2.45) is 0 Å². The number of alkyl halides is 1. The molecule has 3 heteroatoms. The van der Waals surface area contributed by atoms with Crippen LogP contribution in [0.1, 0.15) is 0 Å². The third kappa shape index (κ3) is 7.67. The molecule has 1 aromatic heterocycles. The molecule has 1 nitrogen and oxygen atoms in total. The predicted octanol–water partition coefficient (Wildman–Crippen LogP) is 2.65. The van der Waals surface area contributed by atoms with Gasteiger partial charge in [0.25, 0.3) is 0 Å². The molecule has 0 bridgehead atoms. The maximum Gasteiger partial charge on any atom is 0.0905 e. The maximum atomic E-state index is 7.58. The molecular formula is C6H6BrNS. The molecule has 0 aliphatic heterocycles. The zero-order valence-corrected chi connectivity index (χ0v) is 7.15. The Morgan fingerprint density at radius 2 is 1.89 bits per heavy atom. The molecule has 1 heterocycles. The van der Waals surface area contributed by atoms with Crippen molar-refractivity contribution in [1.29, 1.82) is 5.26 Å². The monoisotopic (exact) mass is 203 g/mol. The van der Waals surface area contributed by atoms with Gasteiger partial charge in [0.15, 0.2) is 0 Å². The zero-order valence-electron chi connectivity index (χ0n) is 4.75. The number of hydrogen-bond donors (Lipinski definition) is 0. The van der Waals surface area contributed by atoms with Gasteiger partial charge in [-0.2, -0.15) is 16.6 Å². The van der Waals surface area contributed by atoms with Crippen LogP contribution in [0, 0.1) is 11.3 Å². The maximum absolute atomic E-state index is 7.58. The number of thiophene rings is 1. The largest absolute Gasteiger partial charge is 0.197 e. The standard InChI is InChI=1S/C4H4S.C2H2BrN/c1-2-4-5-3-1;3-1-2-4/h1-4H;1H2. The molecule has 0 aliphatic carbocycles. The van der Waals surface area contributed by atoms with Gasteiger partial charge >= 0.3 is 0 Å². The van der Waals surface area contributed by atoms with Gasteiger partial charge in [0.2, 0.25) is 0 Å². The van der Waals surface area contributed by atoms with Crippen molar-refractivity contribution in [2.75, 3.05) is 5.33 Å². The van der Waals surface area contributed by atoms with Crippen molar-refractivity contribution in [3.8, 4) is 6.07 Å². The van der Waals surface area contributed by atoms with Crippen molar-refractivity contribution in [3.05, 3.63) is 22.9 Å². The molecule has 48 valence electrons. The lowest BCUT2D eigenvalue weighted by molar-refractivity contribution is 1.50. The van der Waals surface area contributed by atoms with Crippen LogP contribution >= 0.6 is 27.3 Å². The lowest BCUT2D eigenvalue weighted by Gasteiger charge is -1.44. The first-order chi connectivity index (χ1) is 4.41. The Morgan fingerprint density at radius 3 is 2.00 bits per heavy atom. The summed E-state index contributed by atoms with van der Waals surface area (Å²) in [4.78, 5) is 0. The highest BCUT2D eigenvalue weighted by Crippen LogP contribution is 1.91. The van der Waals surface area contributed by atoms with Crippen LogP contribution in [0.4, 0.5) is 0 Å². The number of nitrogens with zero attached hydrogens (tertiary/aromatic N) is 1. The van der Waals surface area contributed by atoms with Crippen LogP contribution in [0.25, 0.3) is 0 Å². The minimum Gasteiger partial charge on any atom is -0.197 e. The fraction of sp³-hybridized carbons (Fsp3) is 0.167. The van der Waals surface area contributed by atoms with Crippen molar-refractivity contribution in [3.63, 3.8) is 0 Å². The molecule has 0 amide bonds. The minimum atomic E-state index is 0.438. The molecular weight excluding hydrogens is 198 g/mol. The minimum absolute atomic E-state index is 0.438. The molecule has 1 rings (SSSR count). The van der Waals surface area contributed by atoms with E-state index in [2.05, 4.69) is 15.9 Å². The van der Waals surface area contributed by atoms with E-state index in [4.69, 9.17) is 5.26 Å². The van der Waals surface area contributed by atoms with Gasteiger partial charge in [0.05, 0.1) is 11.4 Å². The van der Waals surface area contributed by atoms with Gasteiger partial charge < -0.3 is 0 Å². The first-order valence-corrected chi connectivity index (χ1v) is 4.38. The number of rotatable bonds is 0. The van der Waals surface area contributed by atoms with Crippen molar-refractivity contribution in [2.45, 2.75) is 0 Å². The van der Waals surface area contributed by atoms with E-state index in [0.717, 1.165) is 0 Å². The summed E-state index contributed by atoms with van der Waals surface area (Å²) in [5.41, 5.74) is 0. The van der Waals surface area contributed by atoms with Crippen LogP contribution in [0.2, 0.25) is 0 Å². The van der Waals surface area contributed by atoms with Crippen LogP contribution in [0.15, 0.2) is 22.9 Å². The van der Waals surface area contributed by atoms with Gasteiger partial charge in [0, 0.05) is 0 Å². The van der Waals surface area contributed by atoms with Crippen LogP contribution < -0.4 is 0 Å². The number of hydrogen-bond acceptors (Lipinski definition) is 2. The highest BCUT2D eigenvalue weighted by Gasteiger charge is 1.58. The highest BCUT2D eigenvalue weighted by molar-refractivity contribution is 9.09. The Morgan fingerprint density at radius 1 is 1.44 bits per heavy atom. The molecule has 1 aromatic rings. The fourth-order valence-electron chi connectivity index (χ4n) is 0.227. The van der Waals surface area contributed by atoms with Gasteiger partial charge in [-0.15, -0.1) is 0 Å². The Bertz CT molecular complexity index is 137. The summed E-state index contributed by atoms with van der Waals surface area (Å²) in [7, 11) is 0. The lowest BCUT2D eigenvalue weighted by Crippen LogP contribution is -1.45. The average Bonchev–Trinajstić information content (AvgIpc) is 2.43. The molecule has 0 saturated carbocycles. The average molecular weight is 204 g/mol. The van der Waals surface area contributed by atoms with Crippen molar-refractivity contribution >= 4 is 27.3 Å². The summed E-state index contributed by atoms with van der Waals surface area (Å²) >= 11 is 4.60. The molecule has 0 N–H and O–H groups in total. The van der Waals surface area contributed by atoms with Gasteiger partial charge in [-0.3, -0.25) is 0 Å². The molecule has 0 fully saturated rings. The van der Waals surface area contributed by atoms with Crippen LogP contribution in [-0.2, 0) is 0 Å². The van der Waals surface area contributed by atoms with E-state index in [1.807, 2.05) is 29.0 Å². The van der Waals surface area contributed by atoms with E-state index >= 15 is 0 Å². The molecule has 0 spiro atoms. The van der Waals surface area contributed by atoms with Gasteiger partial charge in [-0.1, -0.05) is 28.1 Å². The molecule has 0 saturated heterocycles. The predicted molar refractivity (Wildman–Crippen MR) is 43.7 cm³/mol. The number of halogens is 1. The van der Waals surface area contributed by atoms with Crippen LogP contribution in [-0.4, -0.2) is 5.33 Å². The third-order valence-electron chi connectivity index (χ3n) is 0.485. The Balaban J connectivity index is 0.000000148. The molecule has 9 heavy (non-hydrogen) atoms. The summed E-state index contributed by atoms with van der Waals surface area (Å²) in [6.45, 7) is 0. The first-order valence-electron chi connectivity index (χ1n) is 2.32. The second-order valence-electron chi connectivity index (χ2n) is 1.08. The lowest BCUT2D eigenvalue weighted by atomic mass is 10.7. The van der Waals surface area contributed by atoms with E-state index in [1.54, 1.807) is 11.3 Å². The Hall–Kier alpha value is -0.330. The van der Waals surface area contributed by atoms with Gasteiger partial charge in [0.1, 0.15) is 0 Å². The summed E-state index contributed by atoms with van der Waals surface area (Å²) in [6, 6.07) is 5.88. The molecule has 0 aromatic carbocycles. The zero-order chi connectivity index (χ0) is 6.95. The second-order valence-corrected chi connectivity index (χ2v) is 2.46. The fourth-order valence-corrected chi connectivity index (χ4v) is 0.680. The van der Waals surface area contributed by atoms with Gasteiger partial charge in [-0.05, 0) is 10.8 Å². The Kier molecular flexibility index (Phi) is 7.39. The molecule has 0 aliphatic rings. The van der Waals surface area contributed by atoms with E-state index in [-0.39, 0.29) is 0 Å². The van der Waals surface area contributed by atoms with Crippen LogP contribution in [0.3, 0.4) is 0 Å². The van der Waals surface area contributed by atoms with E-state index in [0.29, 0.717) is 5.33 Å². The topological polar surface area (TPSA) is 23.8 Å². The summed E-state index contributed by atoms with van der Waals surface area (Å²) in [6.07, 6.45) is 0. The Labute approximate surface area is 67.1 Å². The normalized spacial score (nSPS) is 6.67. The summed E-state index contributed by atoms with van der Waals surface area (Å²) in [5, 5.41) is 12.1. The first kappa shape index (κ1) is 8.67. The quantitative estimate of drug-likeness (QED) is 0.596. The SMILES string of the molecule is N#CCBr.c1ccsc1. The second kappa shape index (κ2) is 7.67. The third-order valence-corrected chi connectivity index (χ3v) is 1.36. The van der Waals surface area contributed by atoms with E-state index in [9.17, 15) is 0 Å². The molecule has 0 radical (unpaired) electrons. The highest BCUT2D eigenvalue weighted by atomic mass is 79.9. The molecule has 0 unspecified atom stereocenters. The van der Waals surface area contributed by atoms with Crippen LogP contribution in [0.5, 0.6) is 0 Å². The van der Waals surface area contributed by atoms with Gasteiger partial charge in [-0.25, -0.2) is 0 Å². The molecule has 0 atom stereocenters.